The molecule has 1 fully saturated rings. The second kappa shape index (κ2) is 11.5. The minimum atomic E-state index is -0.296. The van der Waals surface area contributed by atoms with Crippen LogP contribution >= 0.6 is 0 Å². The number of benzene rings is 1. The molecule has 154 valence electrons. The smallest absolute Gasteiger partial charge is 0.307 e. The van der Waals surface area contributed by atoms with E-state index in [0.29, 0.717) is 19.7 Å². The van der Waals surface area contributed by atoms with Gasteiger partial charge in [-0.1, -0.05) is 12.1 Å². The molecule has 1 atom stereocenters. The van der Waals surface area contributed by atoms with Crippen LogP contribution in [-0.4, -0.2) is 55.3 Å². The van der Waals surface area contributed by atoms with E-state index in [4.69, 9.17) is 14.2 Å². The van der Waals surface area contributed by atoms with E-state index in [1.54, 1.807) is 17.9 Å². The summed E-state index contributed by atoms with van der Waals surface area (Å²) >= 11 is 0. The molecule has 1 saturated heterocycles. The molecule has 0 N–H and O–H groups in total. The van der Waals surface area contributed by atoms with E-state index < -0.39 is 0 Å². The third kappa shape index (κ3) is 7.72. The normalized spacial score (nSPS) is 16.5. The van der Waals surface area contributed by atoms with Crippen LogP contribution in [0, 0.1) is 0 Å². The Balaban J connectivity index is 2.01. The number of esters is 1. The first kappa shape index (κ1) is 22.0. The van der Waals surface area contributed by atoms with Crippen molar-refractivity contribution in [2.75, 3.05) is 26.3 Å². The lowest BCUT2D eigenvalue weighted by Gasteiger charge is -2.24. The van der Waals surface area contributed by atoms with Gasteiger partial charge in [-0.25, -0.2) is 0 Å². The molecule has 1 unspecified atom stereocenters. The number of carbonyl (C=O) groups excluding carboxylic acids is 2. The average molecular weight is 389 g/mol. The van der Waals surface area contributed by atoms with Gasteiger partial charge >= 0.3 is 5.97 Å². The molecule has 28 heavy (non-hydrogen) atoms. The summed E-state index contributed by atoms with van der Waals surface area (Å²) in [4.78, 5) is 26.1. The lowest BCUT2D eigenvalue weighted by Crippen LogP contribution is -2.38. The van der Waals surface area contributed by atoms with Crippen LogP contribution in [-0.2, 0) is 19.1 Å². The van der Waals surface area contributed by atoms with Gasteiger partial charge in [0, 0.05) is 25.8 Å². The summed E-state index contributed by atoms with van der Waals surface area (Å²) in [6.45, 7) is 7.58. The number of hydrogen-bond donors (Lipinski definition) is 0. The van der Waals surface area contributed by atoms with Crippen molar-refractivity contribution in [2.24, 2.45) is 0 Å². The quantitative estimate of drug-likeness (QED) is 0.453. The van der Waals surface area contributed by atoms with Crippen LogP contribution in [0.2, 0.25) is 0 Å². The Kier molecular flexibility index (Phi) is 9.01. The van der Waals surface area contributed by atoms with E-state index in [1.807, 2.05) is 38.1 Å². The van der Waals surface area contributed by atoms with Crippen molar-refractivity contribution in [3.8, 4) is 5.75 Å². The molecule has 1 aromatic rings. The molecular formula is C22H31NO5. The zero-order chi connectivity index (χ0) is 20.4. The highest BCUT2D eigenvalue weighted by molar-refractivity contribution is 5.92. The van der Waals surface area contributed by atoms with Crippen molar-refractivity contribution >= 4 is 18.0 Å². The SMILES string of the molecule is CCOC(=O)CCN(CC1CCCO1)C(=O)/C=C/c1cccc(OC(C)C)c1. The first-order valence-electron chi connectivity index (χ1n) is 9.99. The van der Waals surface area contributed by atoms with Crippen LogP contribution in [0.25, 0.3) is 6.08 Å². The van der Waals surface area contributed by atoms with Crippen molar-refractivity contribution < 1.29 is 23.8 Å². The lowest BCUT2D eigenvalue weighted by molar-refractivity contribution is -0.144. The fourth-order valence-electron chi connectivity index (χ4n) is 3.02. The summed E-state index contributed by atoms with van der Waals surface area (Å²) in [6.07, 6.45) is 5.53. The lowest BCUT2D eigenvalue weighted by atomic mass is 10.2. The second-order valence-corrected chi connectivity index (χ2v) is 7.05. The van der Waals surface area contributed by atoms with Crippen molar-refractivity contribution in [3.05, 3.63) is 35.9 Å². The van der Waals surface area contributed by atoms with E-state index in [2.05, 4.69) is 0 Å². The molecular weight excluding hydrogens is 358 g/mol. The number of ether oxygens (including phenoxy) is 3. The predicted molar refractivity (Wildman–Crippen MR) is 108 cm³/mol. The molecule has 0 saturated carbocycles. The molecule has 0 spiro atoms. The van der Waals surface area contributed by atoms with Gasteiger partial charge in [-0.05, 0) is 57.4 Å². The Labute approximate surface area is 167 Å². The van der Waals surface area contributed by atoms with Crippen LogP contribution in [0.15, 0.2) is 30.3 Å². The van der Waals surface area contributed by atoms with Crippen LogP contribution < -0.4 is 4.74 Å². The minimum Gasteiger partial charge on any atom is -0.491 e. The molecule has 1 aliphatic heterocycles. The van der Waals surface area contributed by atoms with Gasteiger partial charge in [-0.3, -0.25) is 9.59 Å². The molecule has 0 radical (unpaired) electrons. The maximum atomic E-state index is 12.7. The van der Waals surface area contributed by atoms with Crippen molar-refractivity contribution in [1.29, 1.82) is 0 Å². The molecule has 2 rings (SSSR count). The van der Waals surface area contributed by atoms with Crippen LogP contribution in [0.5, 0.6) is 5.75 Å². The fraction of sp³-hybridized carbons (Fsp3) is 0.545. The largest absolute Gasteiger partial charge is 0.491 e. The van der Waals surface area contributed by atoms with Gasteiger partial charge < -0.3 is 19.1 Å². The molecule has 6 nitrogen and oxygen atoms in total. The summed E-state index contributed by atoms with van der Waals surface area (Å²) in [7, 11) is 0. The topological polar surface area (TPSA) is 65.1 Å². The molecule has 1 aromatic carbocycles. The molecule has 0 aliphatic carbocycles. The monoisotopic (exact) mass is 389 g/mol. The highest BCUT2D eigenvalue weighted by Crippen LogP contribution is 2.17. The van der Waals surface area contributed by atoms with E-state index in [1.165, 1.54) is 6.08 Å². The summed E-state index contributed by atoms with van der Waals surface area (Å²) in [6, 6.07) is 7.60. The summed E-state index contributed by atoms with van der Waals surface area (Å²) in [5, 5.41) is 0. The second-order valence-electron chi connectivity index (χ2n) is 7.05. The third-order valence-electron chi connectivity index (χ3n) is 4.30. The van der Waals surface area contributed by atoms with Crippen LogP contribution in [0.4, 0.5) is 0 Å². The Bertz CT molecular complexity index is 665. The third-order valence-corrected chi connectivity index (χ3v) is 4.30. The molecule has 0 aromatic heterocycles. The first-order valence-corrected chi connectivity index (χ1v) is 9.99. The minimum absolute atomic E-state index is 0.0299. The van der Waals surface area contributed by atoms with Gasteiger partial charge in [0.05, 0.1) is 25.2 Å². The van der Waals surface area contributed by atoms with Gasteiger partial charge in [-0.2, -0.15) is 0 Å². The van der Waals surface area contributed by atoms with E-state index in [-0.39, 0.29) is 30.5 Å². The predicted octanol–water partition coefficient (Wildman–Crippen LogP) is 3.45. The number of carbonyl (C=O) groups is 2. The summed E-state index contributed by atoms with van der Waals surface area (Å²) in [5.74, 6) is 0.327. The van der Waals surface area contributed by atoms with Crippen LogP contribution in [0.3, 0.4) is 0 Å². The first-order chi connectivity index (χ1) is 13.5. The maximum absolute atomic E-state index is 12.7. The maximum Gasteiger partial charge on any atom is 0.307 e. The highest BCUT2D eigenvalue weighted by Gasteiger charge is 2.22. The average Bonchev–Trinajstić information content (AvgIpc) is 3.16. The molecule has 1 heterocycles. The number of nitrogens with zero attached hydrogens (tertiary/aromatic N) is 1. The fourth-order valence-corrected chi connectivity index (χ4v) is 3.02. The van der Waals surface area contributed by atoms with Gasteiger partial charge in [-0.15, -0.1) is 0 Å². The van der Waals surface area contributed by atoms with E-state index in [9.17, 15) is 9.59 Å². The zero-order valence-corrected chi connectivity index (χ0v) is 17.1. The van der Waals surface area contributed by atoms with Gasteiger partial charge in [0.1, 0.15) is 5.75 Å². The molecule has 0 bridgehead atoms. The van der Waals surface area contributed by atoms with E-state index >= 15 is 0 Å². The Morgan fingerprint density at radius 3 is 2.86 bits per heavy atom. The Morgan fingerprint density at radius 1 is 1.36 bits per heavy atom. The van der Waals surface area contributed by atoms with Gasteiger partial charge in [0.2, 0.25) is 5.91 Å². The van der Waals surface area contributed by atoms with Gasteiger partial charge in [0.25, 0.3) is 0 Å². The number of rotatable bonds is 10. The Hall–Kier alpha value is -2.34. The van der Waals surface area contributed by atoms with Gasteiger partial charge in [0.15, 0.2) is 0 Å². The molecule has 1 amide bonds. The van der Waals surface area contributed by atoms with Crippen molar-refractivity contribution in [3.63, 3.8) is 0 Å². The number of amides is 1. The van der Waals surface area contributed by atoms with Crippen LogP contribution in [0.1, 0.15) is 45.6 Å². The molecule has 1 aliphatic rings. The number of hydrogen-bond acceptors (Lipinski definition) is 5. The highest BCUT2D eigenvalue weighted by atomic mass is 16.5. The zero-order valence-electron chi connectivity index (χ0n) is 17.1. The van der Waals surface area contributed by atoms with Crippen molar-refractivity contribution in [1.82, 2.24) is 4.90 Å². The molecule has 6 heteroatoms. The summed E-state index contributed by atoms with van der Waals surface area (Å²) < 4.78 is 16.3. The Morgan fingerprint density at radius 2 is 2.18 bits per heavy atom. The van der Waals surface area contributed by atoms with E-state index in [0.717, 1.165) is 30.8 Å². The van der Waals surface area contributed by atoms with Crippen molar-refractivity contribution in [2.45, 2.75) is 52.2 Å². The standard InChI is InChI=1S/C22H31NO5/c1-4-26-22(25)12-13-23(16-20-9-6-14-27-20)21(24)11-10-18-7-5-8-19(15-18)28-17(2)3/h5,7-8,10-11,15,17,20H,4,6,9,12-14,16H2,1-3H3/b11-10+. The summed E-state index contributed by atoms with van der Waals surface area (Å²) in [5.41, 5.74) is 0.883.